The molecule has 1 aliphatic rings. The van der Waals surface area contributed by atoms with Crippen LogP contribution in [0.5, 0.6) is 0 Å². The lowest BCUT2D eigenvalue weighted by molar-refractivity contribution is -0.152. The van der Waals surface area contributed by atoms with Gasteiger partial charge in [-0.2, -0.15) is 5.26 Å². The van der Waals surface area contributed by atoms with Crippen LogP contribution in [0.25, 0.3) is 0 Å². The van der Waals surface area contributed by atoms with Crippen molar-refractivity contribution in [1.29, 1.82) is 5.26 Å². The van der Waals surface area contributed by atoms with Gasteiger partial charge in [0.25, 0.3) is 0 Å². The molecule has 0 N–H and O–H groups in total. The number of carbonyl (C=O) groups excluding carboxylic acids is 4. The van der Waals surface area contributed by atoms with Crippen LogP contribution >= 0.6 is 0 Å². The first-order chi connectivity index (χ1) is 12.7. The maximum absolute atomic E-state index is 12.7. The third kappa shape index (κ3) is 6.46. The molecule has 1 saturated carbocycles. The second-order valence-corrected chi connectivity index (χ2v) is 7.76. The van der Waals surface area contributed by atoms with Crippen LogP contribution < -0.4 is 0 Å². The van der Waals surface area contributed by atoms with E-state index in [9.17, 15) is 24.4 Å². The van der Waals surface area contributed by atoms with Crippen LogP contribution in [0.15, 0.2) is 0 Å². The third-order valence-corrected chi connectivity index (χ3v) is 4.95. The minimum Gasteiger partial charge on any atom is -0.469 e. The van der Waals surface area contributed by atoms with Crippen LogP contribution in [0.2, 0.25) is 0 Å². The smallest absolute Gasteiger partial charge is 0.323 e. The molecule has 150 valence electrons. The highest BCUT2D eigenvalue weighted by atomic mass is 16.5. The number of esters is 2. The third-order valence-electron chi connectivity index (χ3n) is 4.95. The Hall–Kier alpha value is -2.23. The molecule has 7 nitrogen and oxygen atoms in total. The molecule has 0 aromatic rings. The largest absolute Gasteiger partial charge is 0.469 e. The first-order valence-corrected chi connectivity index (χ1v) is 9.35. The highest BCUT2D eigenvalue weighted by Crippen LogP contribution is 2.44. The summed E-state index contributed by atoms with van der Waals surface area (Å²) in [5.41, 5.74) is -0.384. The normalized spacial score (nSPS) is 22.4. The second-order valence-electron chi connectivity index (χ2n) is 7.76. The van der Waals surface area contributed by atoms with E-state index in [0.717, 1.165) is 0 Å². The van der Waals surface area contributed by atoms with Crippen LogP contribution in [0.3, 0.4) is 0 Å². The Kier molecular flexibility index (Phi) is 8.61. The van der Waals surface area contributed by atoms with E-state index in [1.165, 1.54) is 7.11 Å². The zero-order valence-electron chi connectivity index (χ0n) is 16.6. The molecule has 3 atom stereocenters. The fourth-order valence-electron chi connectivity index (χ4n) is 3.76. The summed E-state index contributed by atoms with van der Waals surface area (Å²) >= 11 is 0. The summed E-state index contributed by atoms with van der Waals surface area (Å²) in [6.07, 6.45) is 1.94. The zero-order chi connectivity index (χ0) is 20.6. The van der Waals surface area contributed by atoms with Crippen LogP contribution in [0, 0.1) is 34.5 Å². The van der Waals surface area contributed by atoms with Crippen molar-refractivity contribution in [2.24, 2.45) is 23.2 Å². The van der Waals surface area contributed by atoms with E-state index in [-0.39, 0.29) is 48.8 Å². The number of unbranched alkanes of at least 4 members (excludes halogenated alkanes) is 1. The number of carbonyl (C=O) groups is 4. The monoisotopic (exact) mass is 379 g/mol. The molecule has 0 saturated heterocycles. The molecule has 1 rings (SSSR count). The molecular weight excluding hydrogens is 350 g/mol. The van der Waals surface area contributed by atoms with Gasteiger partial charge in [-0.1, -0.05) is 13.8 Å². The Labute approximate surface area is 160 Å². The molecule has 0 aromatic carbocycles. The molecule has 0 bridgehead atoms. The molecule has 27 heavy (non-hydrogen) atoms. The fourth-order valence-corrected chi connectivity index (χ4v) is 3.76. The highest BCUT2D eigenvalue weighted by Gasteiger charge is 2.49. The quantitative estimate of drug-likeness (QED) is 0.344. The summed E-state index contributed by atoms with van der Waals surface area (Å²) in [7, 11) is 1.30. The lowest BCUT2D eigenvalue weighted by Crippen LogP contribution is -2.46. The summed E-state index contributed by atoms with van der Waals surface area (Å²) in [5.74, 6) is -4.31. The van der Waals surface area contributed by atoms with E-state index in [1.807, 2.05) is 19.9 Å². The van der Waals surface area contributed by atoms with Crippen molar-refractivity contribution in [1.82, 2.24) is 0 Å². The maximum atomic E-state index is 12.7. The second kappa shape index (κ2) is 10.2. The Bertz CT molecular complexity index is 618. The van der Waals surface area contributed by atoms with Gasteiger partial charge in [0.15, 0.2) is 0 Å². The lowest BCUT2D eigenvalue weighted by atomic mass is 9.61. The molecule has 1 aliphatic carbocycles. The fraction of sp³-hybridized carbons (Fsp3) is 0.750. The van der Waals surface area contributed by atoms with Gasteiger partial charge in [0.05, 0.1) is 25.7 Å². The van der Waals surface area contributed by atoms with Gasteiger partial charge < -0.3 is 9.47 Å². The van der Waals surface area contributed by atoms with E-state index in [1.54, 1.807) is 6.92 Å². The van der Waals surface area contributed by atoms with E-state index in [2.05, 4.69) is 4.74 Å². The first kappa shape index (κ1) is 22.8. The summed E-state index contributed by atoms with van der Waals surface area (Å²) in [6, 6.07) is 1.95. The van der Waals surface area contributed by atoms with Crippen LogP contribution in [0.4, 0.5) is 0 Å². The number of methoxy groups -OCH3 is 1. The zero-order valence-corrected chi connectivity index (χ0v) is 16.6. The highest BCUT2D eigenvalue weighted by molar-refractivity contribution is 6.04. The number of ether oxygens (including phenoxy) is 2. The average Bonchev–Trinajstić information content (AvgIpc) is 2.57. The van der Waals surface area contributed by atoms with E-state index in [0.29, 0.717) is 19.3 Å². The molecule has 0 spiro atoms. The number of hydrogen-bond donors (Lipinski definition) is 0. The number of nitrogens with zero attached hydrogens (tertiary/aromatic N) is 1. The Balaban J connectivity index is 2.92. The molecule has 0 aromatic heterocycles. The summed E-state index contributed by atoms with van der Waals surface area (Å²) < 4.78 is 9.54. The Morgan fingerprint density at radius 2 is 1.89 bits per heavy atom. The Morgan fingerprint density at radius 1 is 1.26 bits per heavy atom. The van der Waals surface area contributed by atoms with Gasteiger partial charge in [0, 0.05) is 25.2 Å². The molecular formula is C20H29NO6. The summed E-state index contributed by atoms with van der Waals surface area (Å²) in [5, 5.41) is 9.51. The van der Waals surface area contributed by atoms with E-state index < -0.39 is 23.7 Å². The predicted octanol–water partition coefficient (Wildman–Crippen LogP) is 2.61. The van der Waals surface area contributed by atoms with Crippen LogP contribution in [-0.2, 0) is 28.7 Å². The van der Waals surface area contributed by atoms with Crippen molar-refractivity contribution in [3.05, 3.63) is 0 Å². The summed E-state index contributed by atoms with van der Waals surface area (Å²) in [6.45, 7) is 5.57. The van der Waals surface area contributed by atoms with Crippen molar-refractivity contribution in [2.75, 3.05) is 13.7 Å². The molecule has 7 heteroatoms. The SMILES string of the molecule is CCOC(=O)C(C#N)[C@H]1CC(C)(C)CC(=O)[C@@H]1C(=O)CCCCC(=O)OC. The van der Waals surface area contributed by atoms with Gasteiger partial charge in [-0.25, -0.2) is 0 Å². The number of ketones is 2. The predicted molar refractivity (Wildman–Crippen MR) is 96.2 cm³/mol. The van der Waals surface area contributed by atoms with E-state index in [4.69, 9.17) is 4.74 Å². The number of hydrogen-bond acceptors (Lipinski definition) is 7. The topological polar surface area (TPSA) is 111 Å². The molecule has 1 unspecified atom stereocenters. The summed E-state index contributed by atoms with van der Waals surface area (Å²) in [4.78, 5) is 48.8. The minimum atomic E-state index is -1.14. The van der Waals surface area contributed by atoms with Gasteiger partial charge in [-0.15, -0.1) is 0 Å². The van der Waals surface area contributed by atoms with Gasteiger partial charge in [0.2, 0.25) is 0 Å². The molecule has 0 heterocycles. The van der Waals surface area contributed by atoms with Crippen molar-refractivity contribution in [3.63, 3.8) is 0 Å². The Morgan fingerprint density at radius 3 is 2.44 bits per heavy atom. The van der Waals surface area contributed by atoms with Crippen LogP contribution in [-0.4, -0.2) is 37.2 Å². The van der Waals surface area contributed by atoms with Crippen LogP contribution in [0.1, 0.15) is 59.3 Å². The number of Topliss-reactive ketones (excluding diaryl/α,β-unsaturated/α-hetero) is 2. The van der Waals surface area contributed by atoms with Crippen molar-refractivity contribution in [2.45, 2.75) is 59.3 Å². The van der Waals surface area contributed by atoms with Crippen molar-refractivity contribution in [3.8, 4) is 6.07 Å². The number of rotatable bonds is 9. The van der Waals surface area contributed by atoms with Crippen molar-refractivity contribution < 1.29 is 28.7 Å². The first-order valence-electron chi connectivity index (χ1n) is 9.35. The van der Waals surface area contributed by atoms with E-state index >= 15 is 0 Å². The molecule has 0 amide bonds. The number of nitriles is 1. The maximum Gasteiger partial charge on any atom is 0.323 e. The van der Waals surface area contributed by atoms with Gasteiger partial charge >= 0.3 is 11.9 Å². The molecule has 1 fully saturated rings. The molecule has 0 radical (unpaired) electrons. The standard InChI is InChI=1S/C20H29NO6/c1-5-27-19(25)14(12-21)13-10-20(2,3)11-16(23)18(13)15(22)8-6-7-9-17(24)26-4/h13-14,18H,5-11H2,1-4H3/t13-,14?,18+/m1/s1. The average molecular weight is 379 g/mol. The lowest BCUT2D eigenvalue weighted by Gasteiger charge is -2.40. The minimum absolute atomic E-state index is 0.130. The molecule has 0 aliphatic heterocycles. The van der Waals surface area contributed by atoms with Gasteiger partial charge in [0.1, 0.15) is 17.5 Å². The van der Waals surface area contributed by atoms with Gasteiger partial charge in [-0.3, -0.25) is 19.2 Å². The van der Waals surface area contributed by atoms with Gasteiger partial charge in [-0.05, 0) is 31.6 Å². The van der Waals surface area contributed by atoms with Crippen molar-refractivity contribution >= 4 is 23.5 Å².